The molecule has 0 radical (unpaired) electrons. The number of nitrogens with one attached hydrogen (secondary N) is 1. The van der Waals surface area contributed by atoms with E-state index in [0.29, 0.717) is 11.5 Å². The van der Waals surface area contributed by atoms with E-state index in [1.807, 2.05) is 0 Å². The molecular weight excluding hydrogens is 244 g/mol. The Labute approximate surface area is 123 Å². The standard InChI is InChI=1S/C18H28N2/c1-15-7-3-4-8-17(15)16(2)20-12-6-10-18(14-20)9-5-11-19-13-18/h3-4,7-8,16,19H,5-6,9-14H2,1-2H3. The average molecular weight is 272 g/mol. The Bertz CT molecular complexity index is 443. The van der Waals surface area contributed by atoms with Crippen molar-refractivity contribution in [3.05, 3.63) is 35.4 Å². The van der Waals surface area contributed by atoms with Gasteiger partial charge in [-0.15, -0.1) is 0 Å². The van der Waals surface area contributed by atoms with E-state index in [4.69, 9.17) is 0 Å². The molecule has 2 unspecified atom stereocenters. The zero-order chi connectivity index (χ0) is 14.0. The van der Waals surface area contributed by atoms with Crippen molar-refractivity contribution in [2.45, 2.75) is 45.6 Å². The van der Waals surface area contributed by atoms with E-state index < -0.39 is 0 Å². The van der Waals surface area contributed by atoms with E-state index >= 15 is 0 Å². The van der Waals surface area contributed by atoms with Crippen molar-refractivity contribution in [1.29, 1.82) is 0 Å². The molecule has 0 bridgehead atoms. The summed E-state index contributed by atoms with van der Waals surface area (Å²) in [6, 6.07) is 9.43. The zero-order valence-electron chi connectivity index (χ0n) is 13.0. The van der Waals surface area contributed by atoms with Crippen molar-refractivity contribution < 1.29 is 0 Å². The average Bonchev–Trinajstić information content (AvgIpc) is 2.48. The minimum atomic E-state index is 0.549. The molecule has 2 fully saturated rings. The summed E-state index contributed by atoms with van der Waals surface area (Å²) in [5.41, 5.74) is 3.49. The van der Waals surface area contributed by atoms with Gasteiger partial charge in [0.05, 0.1) is 0 Å². The SMILES string of the molecule is Cc1ccccc1C(C)N1CCCC2(CCCNC2)C1. The zero-order valence-corrected chi connectivity index (χ0v) is 13.0. The molecule has 2 aliphatic rings. The molecule has 110 valence electrons. The molecule has 0 saturated carbocycles. The fourth-order valence-corrected chi connectivity index (χ4v) is 4.21. The lowest BCUT2D eigenvalue weighted by atomic mass is 9.74. The van der Waals surface area contributed by atoms with Gasteiger partial charge in [0.2, 0.25) is 0 Å². The Morgan fingerprint density at radius 1 is 1.20 bits per heavy atom. The first-order valence-corrected chi connectivity index (χ1v) is 8.21. The Morgan fingerprint density at radius 3 is 2.75 bits per heavy atom. The topological polar surface area (TPSA) is 15.3 Å². The van der Waals surface area contributed by atoms with Gasteiger partial charge in [0.25, 0.3) is 0 Å². The molecule has 1 N–H and O–H groups in total. The molecule has 2 aliphatic heterocycles. The van der Waals surface area contributed by atoms with Crippen molar-refractivity contribution in [3.8, 4) is 0 Å². The molecule has 20 heavy (non-hydrogen) atoms. The van der Waals surface area contributed by atoms with Crippen LogP contribution in [-0.2, 0) is 0 Å². The maximum absolute atomic E-state index is 3.63. The van der Waals surface area contributed by atoms with Gasteiger partial charge in [0.1, 0.15) is 0 Å². The van der Waals surface area contributed by atoms with Crippen LogP contribution in [0.3, 0.4) is 0 Å². The minimum absolute atomic E-state index is 0.549. The van der Waals surface area contributed by atoms with Gasteiger partial charge in [-0.1, -0.05) is 24.3 Å². The number of piperidine rings is 2. The van der Waals surface area contributed by atoms with Crippen LogP contribution in [0, 0.1) is 12.3 Å². The monoisotopic (exact) mass is 272 g/mol. The molecule has 2 atom stereocenters. The highest BCUT2D eigenvalue weighted by atomic mass is 15.2. The highest BCUT2D eigenvalue weighted by molar-refractivity contribution is 5.28. The van der Waals surface area contributed by atoms with Gasteiger partial charge in [-0.3, -0.25) is 4.90 Å². The van der Waals surface area contributed by atoms with Crippen LogP contribution in [0.5, 0.6) is 0 Å². The molecule has 2 nitrogen and oxygen atoms in total. The molecule has 2 heteroatoms. The second-order valence-corrected chi connectivity index (χ2v) is 6.89. The third-order valence-corrected chi connectivity index (χ3v) is 5.44. The fraction of sp³-hybridized carbons (Fsp3) is 0.667. The largest absolute Gasteiger partial charge is 0.316 e. The molecular formula is C18H28N2. The van der Waals surface area contributed by atoms with Crippen LogP contribution in [0.2, 0.25) is 0 Å². The lowest BCUT2D eigenvalue weighted by Crippen LogP contribution is -2.51. The van der Waals surface area contributed by atoms with Gasteiger partial charge in [0.15, 0.2) is 0 Å². The fourth-order valence-electron chi connectivity index (χ4n) is 4.21. The van der Waals surface area contributed by atoms with E-state index in [2.05, 4.69) is 48.3 Å². The van der Waals surface area contributed by atoms with Gasteiger partial charge in [-0.05, 0) is 69.2 Å². The van der Waals surface area contributed by atoms with Crippen molar-refractivity contribution in [1.82, 2.24) is 10.2 Å². The first-order valence-electron chi connectivity index (χ1n) is 8.21. The smallest absolute Gasteiger partial charge is 0.0322 e. The first-order chi connectivity index (χ1) is 9.70. The van der Waals surface area contributed by atoms with E-state index in [1.165, 1.54) is 63.0 Å². The third-order valence-electron chi connectivity index (χ3n) is 5.44. The summed E-state index contributed by atoms with van der Waals surface area (Å²) in [6.07, 6.45) is 5.54. The lowest BCUT2D eigenvalue weighted by Gasteiger charge is -2.47. The summed E-state index contributed by atoms with van der Waals surface area (Å²) in [7, 11) is 0. The summed E-state index contributed by atoms with van der Waals surface area (Å²) in [5.74, 6) is 0. The van der Waals surface area contributed by atoms with Crippen molar-refractivity contribution >= 4 is 0 Å². The molecule has 0 aromatic heterocycles. The predicted octanol–water partition coefficient (Wildman–Crippen LogP) is 3.52. The number of hydrogen-bond acceptors (Lipinski definition) is 2. The predicted molar refractivity (Wildman–Crippen MR) is 84.9 cm³/mol. The van der Waals surface area contributed by atoms with E-state index in [-0.39, 0.29) is 0 Å². The van der Waals surface area contributed by atoms with Gasteiger partial charge in [-0.2, -0.15) is 0 Å². The number of aryl methyl sites for hydroxylation is 1. The second-order valence-electron chi connectivity index (χ2n) is 6.89. The van der Waals surface area contributed by atoms with E-state index in [1.54, 1.807) is 0 Å². The summed E-state index contributed by atoms with van der Waals surface area (Å²) in [4.78, 5) is 2.72. The Morgan fingerprint density at radius 2 is 2.00 bits per heavy atom. The highest BCUT2D eigenvalue weighted by Crippen LogP contribution is 2.39. The second kappa shape index (κ2) is 5.87. The summed E-state index contributed by atoms with van der Waals surface area (Å²) in [6.45, 7) is 9.61. The maximum Gasteiger partial charge on any atom is 0.0322 e. The van der Waals surface area contributed by atoms with E-state index in [0.717, 1.165) is 0 Å². The number of benzene rings is 1. The molecule has 2 heterocycles. The van der Waals surface area contributed by atoms with E-state index in [9.17, 15) is 0 Å². The third kappa shape index (κ3) is 2.77. The number of rotatable bonds is 2. The molecule has 1 aromatic rings. The summed E-state index contributed by atoms with van der Waals surface area (Å²) < 4.78 is 0. The summed E-state index contributed by atoms with van der Waals surface area (Å²) in [5, 5.41) is 3.63. The number of nitrogens with zero attached hydrogens (tertiary/aromatic N) is 1. The van der Waals surface area contributed by atoms with Gasteiger partial charge in [0, 0.05) is 19.1 Å². The van der Waals surface area contributed by atoms with Crippen LogP contribution in [0.1, 0.15) is 49.8 Å². The molecule has 2 saturated heterocycles. The van der Waals surface area contributed by atoms with Crippen LogP contribution in [0.4, 0.5) is 0 Å². The van der Waals surface area contributed by atoms with Crippen LogP contribution in [0.25, 0.3) is 0 Å². The molecule has 3 rings (SSSR count). The quantitative estimate of drug-likeness (QED) is 0.886. The molecule has 0 aliphatic carbocycles. The molecule has 1 aromatic carbocycles. The highest BCUT2D eigenvalue weighted by Gasteiger charge is 2.37. The van der Waals surface area contributed by atoms with Crippen LogP contribution < -0.4 is 5.32 Å². The Kier molecular flexibility index (Phi) is 4.13. The Balaban J connectivity index is 1.75. The van der Waals surface area contributed by atoms with Crippen molar-refractivity contribution in [2.24, 2.45) is 5.41 Å². The van der Waals surface area contributed by atoms with Crippen LogP contribution in [-0.4, -0.2) is 31.1 Å². The normalized spacial score (nSPS) is 29.5. The lowest BCUT2D eigenvalue weighted by molar-refractivity contribution is 0.0414. The van der Waals surface area contributed by atoms with Crippen LogP contribution in [0.15, 0.2) is 24.3 Å². The first kappa shape index (κ1) is 14.1. The number of likely N-dealkylation sites (tertiary alicyclic amines) is 1. The van der Waals surface area contributed by atoms with Gasteiger partial charge < -0.3 is 5.32 Å². The maximum atomic E-state index is 3.63. The summed E-state index contributed by atoms with van der Waals surface area (Å²) >= 11 is 0. The minimum Gasteiger partial charge on any atom is -0.316 e. The molecule has 0 amide bonds. The Hall–Kier alpha value is -0.860. The van der Waals surface area contributed by atoms with Crippen molar-refractivity contribution in [3.63, 3.8) is 0 Å². The number of hydrogen-bond donors (Lipinski definition) is 1. The van der Waals surface area contributed by atoms with Gasteiger partial charge >= 0.3 is 0 Å². The van der Waals surface area contributed by atoms with Gasteiger partial charge in [-0.25, -0.2) is 0 Å². The molecule has 1 spiro atoms. The van der Waals surface area contributed by atoms with Crippen molar-refractivity contribution in [2.75, 3.05) is 26.2 Å². The van der Waals surface area contributed by atoms with Crippen LogP contribution >= 0.6 is 0 Å².